The molecule has 0 unspecified atom stereocenters. The highest BCUT2D eigenvalue weighted by Gasteiger charge is 2.08. The number of rotatable bonds is 4. The number of carbonyl (C=O) groups excluding carboxylic acids is 1. The van der Waals surface area contributed by atoms with Crippen molar-refractivity contribution in [2.24, 2.45) is 0 Å². The number of amides is 1. The smallest absolute Gasteiger partial charge is 0.219 e. The van der Waals surface area contributed by atoms with Gasteiger partial charge in [-0.25, -0.2) is 0 Å². The van der Waals surface area contributed by atoms with Crippen molar-refractivity contribution in [3.05, 3.63) is 46.8 Å². The van der Waals surface area contributed by atoms with Crippen LogP contribution in [0.2, 0.25) is 0 Å². The van der Waals surface area contributed by atoms with E-state index in [-0.39, 0.29) is 5.91 Å². The fourth-order valence-electron chi connectivity index (χ4n) is 1.78. The van der Waals surface area contributed by atoms with E-state index in [1.165, 1.54) is 11.3 Å². The number of thiophene rings is 1. The van der Waals surface area contributed by atoms with Gasteiger partial charge in [-0.15, -0.1) is 11.3 Å². The van der Waals surface area contributed by atoms with Gasteiger partial charge in [0, 0.05) is 17.8 Å². The van der Waals surface area contributed by atoms with Crippen LogP contribution in [0.5, 0.6) is 0 Å². The zero-order valence-corrected chi connectivity index (χ0v) is 11.5. The van der Waals surface area contributed by atoms with Gasteiger partial charge in [-0.05, 0) is 23.3 Å². The minimum Gasteiger partial charge on any atom is -0.352 e. The molecule has 0 bridgehead atoms. The van der Waals surface area contributed by atoms with Crippen LogP contribution in [0.25, 0.3) is 10.4 Å². The van der Waals surface area contributed by atoms with Crippen LogP contribution in [-0.2, 0) is 11.3 Å². The Labute approximate surface area is 116 Å². The highest BCUT2D eigenvalue weighted by Crippen LogP contribution is 2.30. The molecule has 2 rings (SSSR count). The van der Waals surface area contributed by atoms with E-state index in [9.17, 15) is 4.79 Å². The number of carbonyl (C=O) groups is 1. The first kappa shape index (κ1) is 13.3. The van der Waals surface area contributed by atoms with Crippen molar-refractivity contribution < 1.29 is 4.79 Å². The Morgan fingerprint density at radius 3 is 2.79 bits per heavy atom. The van der Waals surface area contributed by atoms with E-state index in [4.69, 9.17) is 5.26 Å². The average molecular weight is 270 g/mol. The molecule has 3 nitrogen and oxygen atoms in total. The van der Waals surface area contributed by atoms with Crippen molar-refractivity contribution in [1.82, 2.24) is 5.32 Å². The molecule has 1 amide bonds. The van der Waals surface area contributed by atoms with Gasteiger partial charge in [0.25, 0.3) is 0 Å². The molecule has 0 saturated heterocycles. The quantitative estimate of drug-likeness (QED) is 0.926. The largest absolute Gasteiger partial charge is 0.352 e. The number of nitrogens with zero attached hydrogens (tertiary/aromatic N) is 1. The predicted octanol–water partition coefficient (Wildman–Crippen LogP) is 3.31. The number of nitrogens with one attached hydrogen (secondary N) is 1. The van der Waals surface area contributed by atoms with E-state index >= 15 is 0 Å². The number of benzene rings is 1. The summed E-state index contributed by atoms with van der Waals surface area (Å²) < 4.78 is 0. The second-order valence-corrected chi connectivity index (χ2v) is 5.15. The number of hydrogen-bond acceptors (Lipinski definition) is 3. The standard InChI is InChI=1S/C15H14N2OS/c1-2-15(18)17-10-11-5-3-4-6-13(11)14-8-7-12(9-16)19-14/h3-8H,2,10H2,1H3,(H,17,18). The molecule has 1 aromatic heterocycles. The Balaban J connectivity index is 2.25. The van der Waals surface area contributed by atoms with Gasteiger partial charge in [-0.2, -0.15) is 5.26 Å². The maximum atomic E-state index is 11.3. The summed E-state index contributed by atoms with van der Waals surface area (Å²) in [6.07, 6.45) is 0.486. The van der Waals surface area contributed by atoms with Crippen molar-refractivity contribution in [3.63, 3.8) is 0 Å². The van der Waals surface area contributed by atoms with E-state index in [1.54, 1.807) is 0 Å². The van der Waals surface area contributed by atoms with Crippen LogP contribution in [0.4, 0.5) is 0 Å². The normalized spacial score (nSPS) is 9.89. The van der Waals surface area contributed by atoms with Crippen LogP contribution in [-0.4, -0.2) is 5.91 Å². The molecule has 96 valence electrons. The van der Waals surface area contributed by atoms with Crippen molar-refractivity contribution in [1.29, 1.82) is 5.26 Å². The summed E-state index contributed by atoms with van der Waals surface area (Å²) in [6, 6.07) is 13.8. The average Bonchev–Trinajstić information content (AvgIpc) is 2.93. The Morgan fingerprint density at radius 1 is 1.32 bits per heavy atom. The maximum Gasteiger partial charge on any atom is 0.219 e. The summed E-state index contributed by atoms with van der Waals surface area (Å²) >= 11 is 1.47. The maximum absolute atomic E-state index is 11.3. The molecule has 1 aromatic carbocycles. The Bertz CT molecular complexity index is 625. The van der Waals surface area contributed by atoms with Crippen LogP contribution < -0.4 is 5.32 Å². The molecule has 0 spiro atoms. The van der Waals surface area contributed by atoms with Crippen molar-refractivity contribution in [2.45, 2.75) is 19.9 Å². The molecular weight excluding hydrogens is 256 g/mol. The first-order chi connectivity index (χ1) is 9.24. The van der Waals surface area contributed by atoms with Crippen molar-refractivity contribution >= 4 is 17.2 Å². The van der Waals surface area contributed by atoms with Gasteiger partial charge >= 0.3 is 0 Å². The second-order valence-electron chi connectivity index (χ2n) is 4.06. The molecule has 19 heavy (non-hydrogen) atoms. The first-order valence-corrected chi connectivity index (χ1v) is 6.91. The molecule has 0 saturated carbocycles. The molecule has 1 heterocycles. The summed E-state index contributed by atoms with van der Waals surface area (Å²) in [4.78, 5) is 13.1. The van der Waals surface area contributed by atoms with Crippen LogP contribution >= 0.6 is 11.3 Å². The molecule has 1 N–H and O–H groups in total. The minimum absolute atomic E-state index is 0.0405. The molecule has 0 aliphatic rings. The summed E-state index contributed by atoms with van der Waals surface area (Å²) in [6.45, 7) is 2.35. The van der Waals surface area contributed by atoms with E-state index in [0.717, 1.165) is 16.0 Å². The fraction of sp³-hybridized carbons (Fsp3) is 0.200. The van der Waals surface area contributed by atoms with Gasteiger partial charge in [0.2, 0.25) is 5.91 Å². The number of hydrogen-bond donors (Lipinski definition) is 1. The molecule has 0 radical (unpaired) electrons. The third-order valence-electron chi connectivity index (χ3n) is 2.80. The van der Waals surface area contributed by atoms with Crippen LogP contribution in [0, 0.1) is 11.3 Å². The lowest BCUT2D eigenvalue weighted by Crippen LogP contribution is -2.21. The van der Waals surface area contributed by atoms with Crippen molar-refractivity contribution in [3.8, 4) is 16.5 Å². The van der Waals surface area contributed by atoms with Gasteiger partial charge in [-0.3, -0.25) is 4.79 Å². The van der Waals surface area contributed by atoms with Crippen molar-refractivity contribution in [2.75, 3.05) is 0 Å². The van der Waals surface area contributed by atoms with Crippen LogP contribution in [0.1, 0.15) is 23.8 Å². The summed E-state index contributed by atoms with van der Waals surface area (Å²) in [7, 11) is 0. The van der Waals surface area contributed by atoms with E-state index in [2.05, 4.69) is 11.4 Å². The molecule has 0 atom stereocenters. The Morgan fingerprint density at radius 2 is 2.11 bits per heavy atom. The SMILES string of the molecule is CCC(=O)NCc1ccccc1-c1ccc(C#N)s1. The molecular formula is C15H14N2OS. The van der Waals surface area contributed by atoms with E-state index in [0.29, 0.717) is 17.8 Å². The molecule has 0 fully saturated rings. The third kappa shape index (κ3) is 3.21. The second kappa shape index (κ2) is 6.17. The van der Waals surface area contributed by atoms with Gasteiger partial charge in [0.1, 0.15) is 10.9 Å². The fourth-order valence-corrected chi connectivity index (χ4v) is 2.64. The van der Waals surface area contributed by atoms with Gasteiger partial charge in [0.15, 0.2) is 0 Å². The summed E-state index contributed by atoms with van der Waals surface area (Å²) in [5, 5.41) is 11.8. The molecule has 0 aliphatic heterocycles. The highest BCUT2D eigenvalue weighted by atomic mass is 32.1. The van der Waals surface area contributed by atoms with Gasteiger partial charge in [0.05, 0.1) is 0 Å². The molecule has 2 aromatic rings. The minimum atomic E-state index is 0.0405. The lowest BCUT2D eigenvalue weighted by molar-refractivity contribution is -0.120. The van der Waals surface area contributed by atoms with Gasteiger partial charge in [-0.1, -0.05) is 31.2 Å². The first-order valence-electron chi connectivity index (χ1n) is 6.09. The Hall–Kier alpha value is -2.12. The zero-order valence-electron chi connectivity index (χ0n) is 10.6. The third-order valence-corrected chi connectivity index (χ3v) is 3.82. The van der Waals surface area contributed by atoms with E-state index in [1.807, 2.05) is 43.3 Å². The summed E-state index contributed by atoms with van der Waals surface area (Å²) in [5.74, 6) is 0.0405. The highest BCUT2D eigenvalue weighted by molar-refractivity contribution is 7.16. The Kier molecular flexibility index (Phi) is 4.32. The van der Waals surface area contributed by atoms with Crippen LogP contribution in [0.3, 0.4) is 0 Å². The monoisotopic (exact) mass is 270 g/mol. The lowest BCUT2D eigenvalue weighted by atomic mass is 10.1. The van der Waals surface area contributed by atoms with E-state index < -0.39 is 0 Å². The van der Waals surface area contributed by atoms with Gasteiger partial charge < -0.3 is 5.32 Å². The van der Waals surface area contributed by atoms with Crippen LogP contribution in [0.15, 0.2) is 36.4 Å². The number of nitriles is 1. The lowest BCUT2D eigenvalue weighted by Gasteiger charge is -2.08. The zero-order chi connectivity index (χ0) is 13.7. The molecule has 0 aliphatic carbocycles. The topological polar surface area (TPSA) is 52.9 Å². The predicted molar refractivity (Wildman–Crippen MR) is 76.6 cm³/mol. The summed E-state index contributed by atoms with van der Waals surface area (Å²) in [5.41, 5.74) is 2.14. The molecule has 4 heteroatoms.